The highest BCUT2D eigenvalue weighted by molar-refractivity contribution is 5.89. The summed E-state index contributed by atoms with van der Waals surface area (Å²) in [5.74, 6) is 0.645. The fourth-order valence-electron chi connectivity index (χ4n) is 2.90. The second-order valence-electron chi connectivity index (χ2n) is 6.11. The quantitative estimate of drug-likeness (QED) is 0.886. The largest absolute Gasteiger partial charge is 0.389 e. The molecule has 0 aromatic heterocycles. The van der Waals surface area contributed by atoms with Gasteiger partial charge in [0, 0.05) is 19.3 Å². The zero-order chi connectivity index (χ0) is 15.2. The Morgan fingerprint density at radius 2 is 1.90 bits per heavy atom. The van der Waals surface area contributed by atoms with E-state index < -0.39 is 6.10 Å². The number of hydrogen-bond acceptors (Lipinski definition) is 2. The summed E-state index contributed by atoms with van der Waals surface area (Å²) in [4.78, 5) is 13.9. The number of amides is 2. The molecule has 2 rings (SSSR count). The summed E-state index contributed by atoms with van der Waals surface area (Å²) in [7, 11) is 1.86. The van der Waals surface area contributed by atoms with Crippen LogP contribution in [0.2, 0.25) is 0 Å². The molecule has 4 heteroatoms. The number of benzene rings is 1. The average Bonchev–Trinajstić information content (AvgIpc) is 2.48. The maximum absolute atomic E-state index is 12.2. The maximum Gasteiger partial charge on any atom is 0.321 e. The van der Waals surface area contributed by atoms with E-state index in [0.29, 0.717) is 5.92 Å². The van der Waals surface area contributed by atoms with Crippen LogP contribution >= 0.6 is 0 Å². The van der Waals surface area contributed by atoms with Gasteiger partial charge >= 0.3 is 6.03 Å². The molecule has 0 heterocycles. The van der Waals surface area contributed by atoms with Crippen LogP contribution in [0.25, 0.3) is 0 Å². The summed E-state index contributed by atoms with van der Waals surface area (Å²) >= 11 is 0. The lowest BCUT2D eigenvalue weighted by Crippen LogP contribution is -2.35. The predicted octanol–water partition coefficient (Wildman–Crippen LogP) is 3.78. The summed E-state index contributed by atoms with van der Waals surface area (Å²) in [6.45, 7) is 2.56. The molecule has 0 spiro atoms. The van der Waals surface area contributed by atoms with E-state index >= 15 is 0 Å². The van der Waals surface area contributed by atoms with Crippen molar-refractivity contribution in [1.29, 1.82) is 0 Å². The van der Waals surface area contributed by atoms with Crippen molar-refractivity contribution >= 4 is 11.7 Å². The van der Waals surface area contributed by atoms with Crippen molar-refractivity contribution in [3.63, 3.8) is 0 Å². The highest BCUT2D eigenvalue weighted by Crippen LogP contribution is 2.24. The normalized spacial score (nSPS) is 17.3. The number of carbonyl (C=O) groups is 1. The molecule has 0 bridgehead atoms. The van der Waals surface area contributed by atoms with Crippen LogP contribution < -0.4 is 5.32 Å². The third-order valence-corrected chi connectivity index (χ3v) is 4.25. The topological polar surface area (TPSA) is 52.6 Å². The van der Waals surface area contributed by atoms with Crippen molar-refractivity contribution < 1.29 is 9.90 Å². The van der Waals surface area contributed by atoms with Gasteiger partial charge in [0.2, 0.25) is 0 Å². The summed E-state index contributed by atoms with van der Waals surface area (Å²) in [5, 5.41) is 12.4. The first-order chi connectivity index (χ1) is 10.1. The van der Waals surface area contributed by atoms with Gasteiger partial charge in [-0.1, -0.05) is 31.4 Å². The van der Waals surface area contributed by atoms with Gasteiger partial charge in [0.1, 0.15) is 0 Å². The van der Waals surface area contributed by atoms with Crippen LogP contribution in [0.15, 0.2) is 24.3 Å². The van der Waals surface area contributed by atoms with Crippen molar-refractivity contribution in [1.82, 2.24) is 4.90 Å². The molecule has 1 saturated carbocycles. The Morgan fingerprint density at radius 1 is 1.29 bits per heavy atom. The van der Waals surface area contributed by atoms with E-state index in [2.05, 4.69) is 5.32 Å². The fraction of sp³-hybridized carbons (Fsp3) is 0.588. The molecule has 2 N–H and O–H groups in total. The first-order valence-corrected chi connectivity index (χ1v) is 7.86. The van der Waals surface area contributed by atoms with Crippen LogP contribution in [0, 0.1) is 5.92 Å². The fourth-order valence-corrected chi connectivity index (χ4v) is 2.90. The molecule has 21 heavy (non-hydrogen) atoms. The van der Waals surface area contributed by atoms with Crippen LogP contribution in [-0.4, -0.2) is 29.6 Å². The lowest BCUT2D eigenvalue weighted by atomic mass is 9.89. The van der Waals surface area contributed by atoms with Gasteiger partial charge in [0.25, 0.3) is 0 Å². The van der Waals surface area contributed by atoms with Crippen molar-refractivity contribution in [2.75, 3.05) is 18.9 Å². The Hall–Kier alpha value is -1.55. The predicted molar refractivity (Wildman–Crippen MR) is 85.3 cm³/mol. The van der Waals surface area contributed by atoms with Gasteiger partial charge in [-0.05, 0) is 43.4 Å². The van der Waals surface area contributed by atoms with Crippen LogP contribution in [0.3, 0.4) is 0 Å². The van der Waals surface area contributed by atoms with Gasteiger partial charge < -0.3 is 15.3 Å². The minimum atomic E-state index is -0.483. The van der Waals surface area contributed by atoms with Crippen molar-refractivity contribution in [3.05, 3.63) is 29.8 Å². The Labute approximate surface area is 127 Å². The second-order valence-corrected chi connectivity index (χ2v) is 6.11. The number of aliphatic hydroxyl groups is 1. The lowest BCUT2D eigenvalue weighted by Gasteiger charge is -2.27. The third kappa shape index (κ3) is 4.74. The number of nitrogens with one attached hydrogen (secondary N) is 1. The molecule has 1 aliphatic rings. The molecule has 0 saturated heterocycles. The van der Waals surface area contributed by atoms with E-state index in [1.165, 1.54) is 32.1 Å². The molecular weight excluding hydrogens is 264 g/mol. The van der Waals surface area contributed by atoms with Gasteiger partial charge in [-0.25, -0.2) is 4.79 Å². The Bertz CT molecular complexity index is 450. The van der Waals surface area contributed by atoms with Crippen LogP contribution in [0.1, 0.15) is 50.7 Å². The number of rotatable bonds is 4. The number of urea groups is 1. The number of hydrogen-bond donors (Lipinski definition) is 2. The Morgan fingerprint density at radius 3 is 2.48 bits per heavy atom. The molecule has 1 unspecified atom stereocenters. The zero-order valence-electron chi connectivity index (χ0n) is 13.0. The highest BCUT2D eigenvalue weighted by atomic mass is 16.3. The molecule has 0 aliphatic heterocycles. The minimum absolute atomic E-state index is 0.0645. The van der Waals surface area contributed by atoms with Crippen LogP contribution in [-0.2, 0) is 0 Å². The molecule has 1 aromatic carbocycles. The van der Waals surface area contributed by atoms with Crippen molar-refractivity contribution in [3.8, 4) is 0 Å². The SMILES string of the molecule is CC(O)c1ccc(NC(=O)N(C)CC2CCCCC2)cc1. The molecule has 1 aromatic rings. The number of carbonyl (C=O) groups excluding carboxylic acids is 1. The van der Waals surface area contributed by atoms with Gasteiger partial charge in [0.15, 0.2) is 0 Å². The minimum Gasteiger partial charge on any atom is -0.389 e. The molecule has 1 fully saturated rings. The summed E-state index contributed by atoms with van der Waals surface area (Å²) in [6, 6.07) is 7.26. The summed E-state index contributed by atoms with van der Waals surface area (Å²) < 4.78 is 0. The third-order valence-electron chi connectivity index (χ3n) is 4.25. The number of nitrogens with zero attached hydrogens (tertiary/aromatic N) is 1. The molecule has 0 radical (unpaired) electrons. The van der Waals surface area contributed by atoms with E-state index in [-0.39, 0.29) is 6.03 Å². The van der Waals surface area contributed by atoms with Crippen LogP contribution in [0.5, 0.6) is 0 Å². The second kappa shape index (κ2) is 7.46. The van der Waals surface area contributed by atoms with Crippen molar-refractivity contribution in [2.24, 2.45) is 5.92 Å². The molecular formula is C17H26N2O2. The van der Waals surface area contributed by atoms with E-state index in [9.17, 15) is 9.90 Å². The monoisotopic (exact) mass is 290 g/mol. The molecule has 1 atom stereocenters. The number of anilines is 1. The molecule has 1 aliphatic carbocycles. The zero-order valence-corrected chi connectivity index (χ0v) is 13.0. The van der Waals surface area contributed by atoms with E-state index in [1.54, 1.807) is 11.8 Å². The smallest absolute Gasteiger partial charge is 0.321 e. The Balaban J connectivity index is 1.84. The highest BCUT2D eigenvalue weighted by Gasteiger charge is 2.18. The van der Waals surface area contributed by atoms with Gasteiger partial charge in [-0.3, -0.25) is 0 Å². The lowest BCUT2D eigenvalue weighted by molar-refractivity contribution is 0.199. The van der Waals surface area contributed by atoms with Gasteiger partial charge in [-0.15, -0.1) is 0 Å². The van der Waals surface area contributed by atoms with Gasteiger partial charge in [0.05, 0.1) is 6.10 Å². The Kier molecular flexibility index (Phi) is 5.62. The molecule has 116 valence electrons. The van der Waals surface area contributed by atoms with Gasteiger partial charge in [-0.2, -0.15) is 0 Å². The van der Waals surface area contributed by atoms with E-state index in [4.69, 9.17) is 0 Å². The first-order valence-electron chi connectivity index (χ1n) is 7.86. The summed E-state index contributed by atoms with van der Waals surface area (Å²) in [5.41, 5.74) is 1.61. The van der Waals surface area contributed by atoms with Crippen molar-refractivity contribution in [2.45, 2.75) is 45.1 Å². The van der Waals surface area contributed by atoms with Crippen LogP contribution in [0.4, 0.5) is 10.5 Å². The first kappa shape index (κ1) is 15.8. The van der Waals surface area contributed by atoms with E-state index in [1.807, 2.05) is 31.3 Å². The molecule has 4 nitrogen and oxygen atoms in total. The number of aliphatic hydroxyl groups excluding tert-OH is 1. The standard InChI is InChI=1S/C17H26N2O2/c1-13(20)15-8-10-16(11-9-15)18-17(21)19(2)12-14-6-4-3-5-7-14/h8-11,13-14,20H,3-7,12H2,1-2H3,(H,18,21). The van der Waals surface area contributed by atoms with E-state index in [0.717, 1.165) is 17.8 Å². The maximum atomic E-state index is 12.2. The average molecular weight is 290 g/mol. The summed E-state index contributed by atoms with van der Waals surface area (Å²) in [6.07, 6.45) is 5.91. The molecule has 2 amide bonds.